The summed E-state index contributed by atoms with van der Waals surface area (Å²) >= 11 is 11.7. The largest absolute Gasteiger partial charge is 0.358 e. The molecular formula is C23H24ClN3O2S. The van der Waals surface area contributed by atoms with E-state index in [1.54, 1.807) is 24.3 Å². The molecule has 3 unspecified atom stereocenters. The van der Waals surface area contributed by atoms with Crippen LogP contribution in [0.2, 0.25) is 0 Å². The molecule has 4 rings (SSSR count). The first-order valence-corrected chi connectivity index (χ1v) is 11.1. The second-order valence-electron chi connectivity index (χ2n) is 7.79. The predicted octanol–water partition coefficient (Wildman–Crippen LogP) is 3.66. The molecule has 2 aromatic carbocycles. The molecule has 2 aliphatic rings. The second kappa shape index (κ2) is 9.14. The number of hydrogen-bond donors (Lipinski definition) is 2. The molecular weight excluding hydrogens is 418 g/mol. The summed E-state index contributed by atoms with van der Waals surface area (Å²) in [5.41, 5.74) is 2.28. The number of benzene rings is 2. The number of carbonyl (C=O) groups excluding carboxylic acids is 2. The zero-order valence-electron chi connectivity index (χ0n) is 16.5. The summed E-state index contributed by atoms with van der Waals surface area (Å²) in [7, 11) is 0. The third kappa shape index (κ3) is 4.50. The van der Waals surface area contributed by atoms with Crippen LogP contribution in [0.5, 0.6) is 0 Å². The van der Waals surface area contributed by atoms with Crippen LogP contribution >= 0.6 is 23.8 Å². The normalized spacial score (nSPS) is 23.5. The van der Waals surface area contributed by atoms with Gasteiger partial charge in [0.05, 0.1) is 11.6 Å². The Hall–Kier alpha value is -2.44. The minimum absolute atomic E-state index is 0.0121. The Morgan fingerprint density at radius 3 is 2.77 bits per heavy atom. The van der Waals surface area contributed by atoms with E-state index in [1.807, 2.05) is 30.3 Å². The smallest absolute Gasteiger partial charge is 0.251 e. The minimum Gasteiger partial charge on any atom is -0.358 e. The van der Waals surface area contributed by atoms with E-state index in [2.05, 4.69) is 10.6 Å². The van der Waals surface area contributed by atoms with Gasteiger partial charge in [0.2, 0.25) is 5.91 Å². The van der Waals surface area contributed by atoms with Crippen molar-refractivity contribution in [3.8, 4) is 0 Å². The van der Waals surface area contributed by atoms with Gasteiger partial charge in [0.25, 0.3) is 5.91 Å². The van der Waals surface area contributed by atoms with Crippen molar-refractivity contribution in [3.63, 3.8) is 0 Å². The number of alkyl halides is 1. The number of hydrogen-bond acceptors (Lipinski definition) is 3. The van der Waals surface area contributed by atoms with Gasteiger partial charge < -0.3 is 10.6 Å². The number of amides is 2. The lowest BCUT2D eigenvalue weighted by molar-refractivity contribution is -0.123. The predicted molar refractivity (Wildman–Crippen MR) is 123 cm³/mol. The molecule has 5 nitrogen and oxygen atoms in total. The van der Waals surface area contributed by atoms with Crippen molar-refractivity contribution in [3.05, 3.63) is 65.7 Å². The van der Waals surface area contributed by atoms with Gasteiger partial charge in [0, 0.05) is 23.5 Å². The number of nitrogens with one attached hydrogen (secondary N) is 2. The fraction of sp³-hybridized carbons (Fsp3) is 0.348. The molecule has 2 fully saturated rings. The molecule has 0 radical (unpaired) electrons. The topological polar surface area (TPSA) is 61.4 Å². The van der Waals surface area contributed by atoms with Crippen LogP contribution in [0.4, 0.5) is 5.69 Å². The summed E-state index contributed by atoms with van der Waals surface area (Å²) in [6.45, 7) is 0.541. The maximum atomic E-state index is 13.1. The van der Waals surface area contributed by atoms with E-state index in [1.165, 1.54) is 10.5 Å². The van der Waals surface area contributed by atoms with Crippen LogP contribution in [0, 0.1) is 5.92 Å². The van der Waals surface area contributed by atoms with Gasteiger partial charge in [0.1, 0.15) is 0 Å². The van der Waals surface area contributed by atoms with Crippen molar-refractivity contribution in [2.24, 2.45) is 5.92 Å². The summed E-state index contributed by atoms with van der Waals surface area (Å²) in [6, 6.07) is 17.0. The Balaban J connectivity index is 1.44. The number of fused-ring (bicyclic) bond motifs is 1. The molecule has 1 aliphatic carbocycles. The molecule has 2 aromatic rings. The Morgan fingerprint density at radius 2 is 1.97 bits per heavy atom. The average molecular weight is 442 g/mol. The Morgan fingerprint density at radius 1 is 1.17 bits per heavy atom. The van der Waals surface area contributed by atoms with E-state index < -0.39 is 0 Å². The zero-order chi connectivity index (χ0) is 21.1. The van der Waals surface area contributed by atoms with Crippen molar-refractivity contribution in [1.82, 2.24) is 10.6 Å². The van der Waals surface area contributed by atoms with Gasteiger partial charge in [-0.15, -0.1) is 11.6 Å². The number of rotatable bonds is 5. The van der Waals surface area contributed by atoms with Crippen molar-refractivity contribution in [2.45, 2.75) is 37.1 Å². The minimum atomic E-state index is -0.170. The van der Waals surface area contributed by atoms with Crippen LogP contribution in [-0.2, 0) is 11.2 Å². The molecule has 0 bridgehead atoms. The standard InChI is InChI=1S/C23H24ClN3O2S/c24-17-9-10-19-20(14-17)26-23(30)27(22(19)29)18-8-4-7-16(13-18)21(28)25-12-11-15-5-2-1-3-6-15/h1-8,13,17,19-20H,9-12,14H2,(H,25,28)(H,26,30). The van der Waals surface area contributed by atoms with Crippen LogP contribution in [0.1, 0.15) is 35.2 Å². The Bertz CT molecular complexity index is 952. The molecule has 156 valence electrons. The van der Waals surface area contributed by atoms with Crippen molar-refractivity contribution < 1.29 is 9.59 Å². The van der Waals surface area contributed by atoms with E-state index in [-0.39, 0.29) is 29.2 Å². The van der Waals surface area contributed by atoms with Crippen LogP contribution in [0.3, 0.4) is 0 Å². The van der Waals surface area contributed by atoms with E-state index in [0.717, 1.165) is 25.7 Å². The summed E-state index contributed by atoms with van der Waals surface area (Å²) in [5, 5.41) is 6.67. The van der Waals surface area contributed by atoms with Gasteiger partial charge in [-0.05, 0) is 61.7 Å². The first-order chi connectivity index (χ1) is 14.5. The van der Waals surface area contributed by atoms with E-state index >= 15 is 0 Å². The molecule has 2 N–H and O–H groups in total. The maximum Gasteiger partial charge on any atom is 0.251 e. The average Bonchev–Trinajstić information content (AvgIpc) is 2.74. The van der Waals surface area contributed by atoms with E-state index in [9.17, 15) is 9.59 Å². The maximum absolute atomic E-state index is 13.1. The highest BCUT2D eigenvalue weighted by Crippen LogP contribution is 2.34. The summed E-state index contributed by atoms with van der Waals surface area (Å²) in [4.78, 5) is 27.3. The molecule has 1 saturated heterocycles. The van der Waals surface area contributed by atoms with Crippen LogP contribution in [0.25, 0.3) is 0 Å². The third-order valence-corrected chi connectivity index (χ3v) is 6.44. The summed E-state index contributed by atoms with van der Waals surface area (Å²) in [6.07, 6.45) is 3.05. The first kappa shape index (κ1) is 20.8. The third-order valence-electron chi connectivity index (χ3n) is 5.74. The number of halogens is 1. The SMILES string of the molecule is O=C(NCCc1ccccc1)c1cccc(N2C(=O)C3CCC(Cl)CC3NC2=S)c1. The van der Waals surface area contributed by atoms with Crippen LogP contribution < -0.4 is 15.5 Å². The summed E-state index contributed by atoms with van der Waals surface area (Å²) < 4.78 is 0. The molecule has 2 amide bonds. The van der Waals surface area contributed by atoms with Gasteiger partial charge >= 0.3 is 0 Å². The lowest BCUT2D eigenvalue weighted by atomic mass is 9.82. The fourth-order valence-corrected chi connectivity index (χ4v) is 4.83. The van der Waals surface area contributed by atoms with Gasteiger partial charge in [-0.2, -0.15) is 0 Å². The van der Waals surface area contributed by atoms with Crippen molar-refractivity contribution in [1.29, 1.82) is 0 Å². The monoisotopic (exact) mass is 441 g/mol. The van der Waals surface area contributed by atoms with Crippen molar-refractivity contribution in [2.75, 3.05) is 11.4 Å². The quantitative estimate of drug-likeness (QED) is 0.549. The highest BCUT2D eigenvalue weighted by atomic mass is 35.5. The van der Waals surface area contributed by atoms with E-state index in [0.29, 0.717) is 22.9 Å². The Labute approximate surface area is 186 Å². The first-order valence-electron chi connectivity index (χ1n) is 10.2. The van der Waals surface area contributed by atoms with Gasteiger partial charge in [-0.1, -0.05) is 36.4 Å². The second-order valence-corrected chi connectivity index (χ2v) is 8.79. The lowest BCUT2D eigenvalue weighted by Gasteiger charge is -2.42. The van der Waals surface area contributed by atoms with Crippen LogP contribution in [0.15, 0.2) is 54.6 Å². The van der Waals surface area contributed by atoms with Gasteiger partial charge in [-0.25, -0.2) is 0 Å². The highest BCUT2D eigenvalue weighted by molar-refractivity contribution is 7.80. The molecule has 30 heavy (non-hydrogen) atoms. The molecule has 1 heterocycles. The molecule has 0 spiro atoms. The van der Waals surface area contributed by atoms with Gasteiger partial charge in [0.15, 0.2) is 5.11 Å². The van der Waals surface area contributed by atoms with Crippen LogP contribution in [-0.4, -0.2) is 34.9 Å². The molecule has 3 atom stereocenters. The zero-order valence-corrected chi connectivity index (χ0v) is 18.1. The molecule has 7 heteroatoms. The molecule has 1 saturated carbocycles. The number of anilines is 1. The molecule has 0 aromatic heterocycles. The number of nitrogens with zero attached hydrogens (tertiary/aromatic N) is 1. The highest BCUT2D eigenvalue weighted by Gasteiger charge is 2.42. The fourth-order valence-electron chi connectivity index (χ4n) is 4.16. The van der Waals surface area contributed by atoms with E-state index in [4.69, 9.17) is 23.8 Å². The number of carbonyl (C=O) groups is 2. The summed E-state index contributed by atoms with van der Waals surface area (Å²) in [5.74, 6) is -0.333. The Kier molecular flexibility index (Phi) is 6.35. The lowest BCUT2D eigenvalue weighted by Crippen LogP contribution is -2.61. The molecule has 1 aliphatic heterocycles. The van der Waals surface area contributed by atoms with Crippen molar-refractivity contribution >= 4 is 46.4 Å². The van der Waals surface area contributed by atoms with Gasteiger partial charge in [-0.3, -0.25) is 14.5 Å². The number of thiocarbonyl (C=S) groups is 1.